The van der Waals surface area contributed by atoms with Crippen LogP contribution in [0.3, 0.4) is 0 Å². The van der Waals surface area contributed by atoms with Crippen LogP contribution < -0.4 is 11.1 Å². The number of anilines is 2. The molecule has 9 heteroatoms. The van der Waals surface area contributed by atoms with Gasteiger partial charge in [-0.1, -0.05) is 12.1 Å². The Labute approximate surface area is 183 Å². The number of carbonyl (C=O) groups is 1. The Kier molecular flexibility index (Phi) is 4.58. The molecule has 0 saturated carbocycles. The van der Waals surface area contributed by atoms with Crippen LogP contribution in [0.5, 0.6) is 0 Å². The third kappa shape index (κ3) is 3.24. The average molecular weight is 426 g/mol. The van der Waals surface area contributed by atoms with Crippen LogP contribution in [0, 0.1) is 6.92 Å². The molecule has 0 saturated heterocycles. The number of amides is 1. The van der Waals surface area contributed by atoms with Crippen molar-refractivity contribution >= 4 is 34.1 Å². The van der Waals surface area contributed by atoms with E-state index in [2.05, 4.69) is 20.3 Å². The molecule has 0 aliphatic rings. The van der Waals surface area contributed by atoms with Crippen molar-refractivity contribution in [2.45, 2.75) is 26.8 Å². The van der Waals surface area contributed by atoms with Gasteiger partial charge in [0.15, 0.2) is 5.65 Å². The Hall–Kier alpha value is -4.27. The van der Waals surface area contributed by atoms with Crippen molar-refractivity contribution in [3.8, 4) is 11.3 Å². The number of nitrogen functional groups attached to an aromatic ring is 1. The van der Waals surface area contributed by atoms with Gasteiger partial charge in [-0.3, -0.25) is 9.20 Å². The van der Waals surface area contributed by atoms with E-state index >= 15 is 0 Å². The van der Waals surface area contributed by atoms with E-state index in [-0.39, 0.29) is 11.9 Å². The van der Waals surface area contributed by atoms with E-state index in [4.69, 9.17) is 10.8 Å². The Bertz CT molecular complexity index is 1480. The number of aryl methyl sites for hydroxylation is 1. The molecule has 5 rings (SSSR count). The Morgan fingerprint density at radius 1 is 1.12 bits per heavy atom. The first-order valence-corrected chi connectivity index (χ1v) is 10.3. The number of nitrogens with one attached hydrogen (secondary N) is 1. The first-order valence-electron chi connectivity index (χ1n) is 10.3. The molecular weight excluding hydrogens is 404 g/mol. The summed E-state index contributed by atoms with van der Waals surface area (Å²) in [5.74, 6) is 0.140. The molecule has 1 amide bonds. The molecule has 160 valence electrons. The quantitative estimate of drug-likeness (QED) is 0.451. The smallest absolute Gasteiger partial charge is 0.274 e. The highest BCUT2D eigenvalue weighted by Crippen LogP contribution is 2.32. The third-order valence-corrected chi connectivity index (χ3v) is 5.30. The van der Waals surface area contributed by atoms with Gasteiger partial charge in [0.1, 0.15) is 29.2 Å². The maximum Gasteiger partial charge on any atom is 0.274 e. The standard InChI is InChI=1S/C23H22N8O/c1-13(2)31-22-19(21(24)26-12-27-22)20(29-31)15-7-8-30-17(11-25-18(30)10-15)23(32)28-16-6-4-5-14(3)9-16/h4-13H,1-3H3,(H,28,32)(H2,24,26,27). The first-order chi connectivity index (χ1) is 15.4. The second kappa shape index (κ2) is 7.45. The summed E-state index contributed by atoms with van der Waals surface area (Å²) in [5, 5.41) is 8.38. The average Bonchev–Trinajstić information content (AvgIpc) is 3.36. The van der Waals surface area contributed by atoms with E-state index in [1.165, 1.54) is 6.33 Å². The minimum atomic E-state index is -0.233. The highest BCUT2D eigenvalue weighted by molar-refractivity contribution is 6.04. The van der Waals surface area contributed by atoms with Gasteiger partial charge in [-0.05, 0) is 50.6 Å². The summed E-state index contributed by atoms with van der Waals surface area (Å²) in [7, 11) is 0. The molecule has 0 spiro atoms. The van der Waals surface area contributed by atoms with Crippen LogP contribution in [0.15, 0.2) is 55.1 Å². The molecule has 0 radical (unpaired) electrons. The molecule has 0 unspecified atom stereocenters. The number of imidazole rings is 1. The van der Waals surface area contributed by atoms with E-state index in [9.17, 15) is 4.79 Å². The lowest BCUT2D eigenvalue weighted by molar-refractivity contribution is 0.102. The van der Waals surface area contributed by atoms with Crippen LogP contribution in [0.2, 0.25) is 0 Å². The first kappa shape index (κ1) is 19.7. The van der Waals surface area contributed by atoms with Crippen LogP contribution in [-0.2, 0) is 0 Å². The summed E-state index contributed by atoms with van der Waals surface area (Å²) in [5.41, 5.74) is 11.2. The molecule has 4 heterocycles. The number of benzene rings is 1. The number of fused-ring (bicyclic) bond motifs is 2. The number of nitrogens with two attached hydrogens (primary N) is 1. The van der Waals surface area contributed by atoms with Crippen LogP contribution in [-0.4, -0.2) is 35.0 Å². The van der Waals surface area contributed by atoms with Gasteiger partial charge < -0.3 is 11.1 Å². The van der Waals surface area contributed by atoms with Gasteiger partial charge in [-0.15, -0.1) is 0 Å². The maximum atomic E-state index is 12.8. The highest BCUT2D eigenvalue weighted by Gasteiger charge is 2.20. The second-order valence-corrected chi connectivity index (χ2v) is 7.96. The second-order valence-electron chi connectivity index (χ2n) is 7.96. The zero-order valence-electron chi connectivity index (χ0n) is 17.9. The van der Waals surface area contributed by atoms with Gasteiger partial charge in [0.25, 0.3) is 5.91 Å². The monoisotopic (exact) mass is 426 g/mol. The topological polar surface area (TPSA) is 116 Å². The third-order valence-electron chi connectivity index (χ3n) is 5.30. The number of carbonyl (C=O) groups excluding carboxylic acids is 1. The molecule has 0 atom stereocenters. The maximum absolute atomic E-state index is 12.8. The predicted molar refractivity (Wildman–Crippen MR) is 123 cm³/mol. The molecule has 9 nitrogen and oxygen atoms in total. The van der Waals surface area contributed by atoms with Crippen molar-refractivity contribution in [3.05, 3.63) is 66.4 Å². The fourth-order valence-electron chi connectivity index (χ4n) is 3.77. The van der Waals surface area contributed by atoms with Crippen LogP contribution in [0.1, 0.15) is 35.9 Å². The van der Waals surface area contributed by atoms with Crippen LogP contribution in [0.4, 0.5) is 11.5 Å². The van der Waals surface area contributed by atoms with E-state index in [0.29, 0.717) is 33.9 Å². The van der Waals surface area contributed by atoms with E-state index in [1.54, 1.807) is 10.6 Å². The highest BCUT2D eigenvalue weighted by atomic mass is 16.1. The van der Waals surface area contributed by atoms with E-state index in [1.807, 2.05) is 68.0 Å². The van der Waals surface area contributed by atoms with Crippen molar-refractivity contribution in [2.24, 2.45) is 0 Å². The summed E-state index contributed by atoms with van der Waals surface area (Å²) in [4.78, 5) is 25.8. The van der Waals surface area contributed by atoms with Crippen molar-refractivity contribution in [2.75, 3.05) is 11.1 Å². The zero-order chi connectivity index (χ0) is 22.4. The molecule has 5 aromatic rings. The molecule has 4 aromatic heterocycles. The number of rotatable bonds is 4. The molecule has 3 N–H and O–H groups in total. The normalized spacial score (nSPS) is 11.5. The molecule has 0 fully saturated rings. The van der Waals surface area contributed by atoms with Crippen LogP contribution in [0.25, 0.3) is 27.9 Å². The summed E-state index contributed by atoms with van der Waals surface area (Å²) < 4.78 is 3.58. The molecule has 1 aromatic carbocycles. The Balaban J connectivity index is 1.56. The molecule has 32 heavy (non-hydrogen) atoms. The van der Waals surface area contributed by atoms with E-state index in [0.717, 1.165) is 16.8 Å². The fourth-order valence-corrected chi connectivity index (χ4v) is 3.77. The summed E-state index contributed by atoms with van der Waals surface area (Å²) >= 11 is 0. The largest absolute Gasteiger partial charge is 0.383 e. The van der Waals surface area contributed by atoms with E-state index < -0.39 is 0 Å². The van der Waals surface area contributed by atoms with Gasteiger partial charge in [-0.2, -0.15) is 5.10 Å². The molecule has 0 aliphatic heterocycles. The number of pyridine rings is 1. The Morgan fingerprint density at radius 3 is 2.75 bits per heavy atom. The molecule has 0 bridgehead atoms. The molecule has 0 aliphatic carbocycles. The van der Waals surface area contributed by atoms with Gasteiger partial charge in [0, 0.05) is 23.5 Å². The lowest BCUT2D eigenvalue weighted by Gasteiger charge is -2.06. The Morgan fingerprint density at radius 2 is 1.97 bits per heavy atom. The van der Waals surface area contributed by atoms with Gasteiger partial charge in [0.2, 0.25) is 0 Å². The summed E-state index contributed by atoms with van der Waals surface area (Å²) in [6.45, 7) is 6.05. The lowest BCUT2D eigenvalue weighted by atomic mass is 10.1. The number of hydrogen-bond acceptors (Lipinski definition) is 6. The minimum Gasteiger partial charge on any atom is -0.383 e. The number of nitrogens with zero attached hydrogens (tertiary/aromatic N) is 6. The van der Waals surface area contributed by atoms with Gasteiger partial charge in [0.05, 0.1) is 11.6 Å². The SMILES string of the molecule is Cc1cccc(NC(=O)c2cnc3cc(-c4nn(C(C)C)c5ncnc(N)c45)ccn23)c1. The summed E-state index contributed by atoms with van der Waals surface area (Å²) in [6, 6.07) is 11.5. The fraction of sp³-hybridized carbons (Fsp3) is 0.174. The lowest BCUT2D eigenvalue weighted by Crippen LogP contribution is -2.14. The number of hydrogen-bond donors (Lipinski definition) is 2. The number of aromatic nitrogens is 6. The molecular formula is C23H22N8O. The summed E-state index contributed by atoms with van der Waals surface area (Å²) in [6.07, 6.45) is 4.81. The van der Waals surface area contributed by atoms with Crippen molar-refractivity contribution in [3.63, 3.8) is 0 Å². The minimum absolute atomic E-state index is 0.104. The van der Waals surface area contributed by atoms with Gasteiger partial charge in [-0.25, -0.2) is 19.6 Å². The van der Waals surface area contributed by atoms with Crippen molar-refractivity contribution < 1.29 is 4.79 Å². The van der Waals surface area contributed by atoms with Crippen molar-refractivity contribution in [1.82, 2.24) is 29.1 Å². The van der Waals surface area contributed by atoms with Crippen LogP contribution >= 0.6 is 0 Å². The predicted octanol–water partition coefficient (Wildman–Crippen LogP) is 3.86. The zero-order valence-corrected chi connectivity index (χ0v) is 17.9. The van der Waals surface area contributed by atoms with Crippen molar-refractivity contribution in [1.29, 1.82) is 0 Å². The van der Waals surface area contributed by atoms with Gasteiger partial charge >= 0.3 is 0 Å².